The van der Waals surface area contributed by atoms with Crippen molar-refractivity contribution in [1.82, 2.24) is 15.3 Å². The van der Waals surface area contributed by atoms with Gasteiger partial charge in [0.2, 0.25) is 0 Å². The summed E-state index contributed by atoms with van der Waals surface area (Å²) in [5.74, 6) is 0.555. The topological polar surface area (TPSA) is 98.2 Å². The van der Waals surface area contributed by atoms with Gasteiger partial charge >= 0.3 is 0 Å². The molecule has 22 heavy (non-hydrogen) atoms. The van der Waals surface area contributed by atoms with Gasteiger partial charge < -0.3 is 10.1 Å². The molecule has 4 atom stereocenters. The Kier molecular flexibility index (Phi) is 3.90. The number of aromatic nitrogens is 2. The van der Waals surface area contributed by atoms with Crippen molar-refractivity contribution in [3.05, 3.63) is 18.1 Å². The van der Waals surface area contributed by atoms with Gasteiger partial charge in [-0.1, -0.05) is 6.42 Å². The second-order valence-electron chi connectivity index (χ2n) is 5.97. The molecular formula is C14H19N3O4S. The van der Waals surface area contributed by atoms with Crippen molar-refractivity contribution in [3.63, 3.8) is 0 Å². The van der Waals surface area contributed by atoms with Crippen LogP contribution in [0.1, 0.15) is 29.8 Å². The number of nitrogens with one attached hydrogen (secondary N) is 1. The molecule has 7 nitrogen and oxygen atoms in total. The molecule has 4 unspecified atom stereocenters. The molecule has 0 spiro atoms. The van der Waals surface area contributed by atoms with Crippen molar-refractivity contribution < 1.29 is 17.9 Å². The number of hydrogen-bond donors (Lipinski definition) is 1. The molecule has 1 aromatic heterocycles. The smallest absolute Gasteiger partial charge is 0.271 e. The Hall–Kier alpha value is -1.54. The van der Waals surface area contributed by atoms with Crippen LogP contribution >= 0.6 is 0 Å². The maximum Gasteiger partial charge on any atom is 0.271 e. The van der Waals surface area contributed by atoms with Crippen LogP contribution in [0.5, 0.6) is 0 Å². The second-order valence-corrected chi connectivity index (χ2v) is 7.94. The van der Waals surface area contributed by atoms with Crippen LogP contribution in [0, 0.1) is 11.8 Å². The van der Waals surface area contributed by atoms with Gasteiger partial charge in [-0.15, -0.1) is 0 Å². The quantitative estimate of drug-likeness (QED) is 0.861. The highest BCUT2D eigenvalue weighted by Crippen LogP contribution is 2.48. The standard InChI is InChI=1S/C14H19N3O4S/c1-21-13-9-5-3-4-8(9)12(13)17-14(18)10-6-15-7-11(16-10)22(2,19)20/h6-9,12-13H,3-5H2,1-2H3,(H,17,18). The number of nitrogens with zero attached hydrogens (tertiary/aromatic N) is 2. The van der Waals surface area contributed by atoms with E-state index in [0.29, 0.717) is 11.8 Å². The predicted octanol–water partition coefficient (Wildman–Crippen LogP) is 0.423. The summed E-state index contributed by atoms with van der Waals surface area (Å²) in [4.78, 5) is 20.0. The predicted molar refractivity (Wildman–Crippen MR) is 78.0 cm³/mol. The summed E-state index contributed by atoms with van der Waals surface area (Å²) in [6.45, 7) is 0. The fraction of sp³-hybridized carbons (Fsp3) is 0.643. The Bertz CT molecular complexity index is 691. The molecule has 0 radical (unpaired) electrons. The highest BCUT2D eigenvalue weighted by molar-refractivity contribution is 7.90. The Balaban J connectivity index is 1.75. The number of rotatable bonds is 4. The minimum atomic E-state index is -3.49. The summed E-state index contributed by atoms with van der Waals surface area (Å²) in [6, 6.07) is -0.0336. The highest BCUT2D eigenvalue weighted by Gasteiger charge is 2.53. The van der Waals surface area contributed by atoms with Crippen LogP contribution in [0.3, 0.4) is 0 Å². The minimum Gasteiger partial charge on any atom is -0.379 e. The lowest BCUT2D eigenvalue weighted by Gasteiger charge is -2.48. The van der Waals surface area contributed by atoms with Crippen molar-refractivity contribution >= 4 is 15.7 Å². The first-order valence-corrected chi connectivity index (χ1v) is 9.16. The largest absolute Gasteiger partial charge is 0.379 e. The van der Waals surface area contributed by atoms with Crippen molar-refractivity contribution in [2.45, 2.75) is 36.4 Å². The molecule has 0 aromatic carbocycles. The van der Waals surface area contributed by atoms with Gasteiger partial charge in [-0.05, 0) is 24.7 Å². The molecule has 1 heterocycles. The normalized spacial score (nSPS) is 30.5. The lowest BCUT2D eigenvalue weighted by molar-refractivity contribution is -0.0791. The summed E-state index contributed by atoms with van der Waals surface area (Å²) in [5.41, 5.74) is 0.0132. The zero-order valence-electron chi connectivity index (χ0n) is 12.5. The number of amides is 1. The molecule has 2 aliphatic carbocycles. The summed E-state index contributed by atoms with van der Waals surface area (Å²) >= 11 is 0. The maximum atomic E-state index is 12.3. The van der Waals surface area contributed by atoms with E-state index in [1.165, 1.54) is 6.20 Å². The fourth-order valence-corrected chi connectivity index (χ4v) is 4.12. The maximum absolute atomic E-state index is 12.3. The number of fused-ring (bicyclic) bond motifs is 1. The molecule has 2 fully saturated rings. The van der Waals surface area contributed by atoms with E-state index < -0.39 is 15.7 Å². The zero-order valence-corrected chi connectivity index (χ0v) is 13.3. The van der Waals surface area contributed by atoms with E-state index in [1.807, 2.05) is 0 Å². The third kappa shape index (κ3) is 2.61. The summed E-state index contributed by atoms with van der Waals surface area (Å²) in [6.07, 6.45) is 6.86. The Labute approximate surface area is 129 Å². The lowest BCUT2D eigenvalue weighted by Crippen LogP contribution is -2.62. The van der Waals surface area contributed by atoms with E-state index in [1.54, 1.807) is 7.11 Å². The van der Waals surface area contributed by atoms with E-state index in [9.17, 15) is 13.2 Å². The lowest BCUT2D eigenvalue weighted by atomic mass is 9.68. The van der Waals surface area contributed by atoms with Crippen LogP contribution in [0.15, 0.2) is 17.4 Å². The molecule has 0 aliphatic heterocycles. The third-order valence-corrected chi connectivity index (χ3v) is 5.61. The zero-order chi connectivity index (χ0) is 15.9. The van der Waals surface area contributed by atoms with Crippen molar-refractivity contribution in [2.75, 3.05) is 13.4 Å². The summed E-state index contributed by atoms with van der Waals surface area (Å²) in [5, 5.41) is 2.72. The molecule has 1 aromatic rings. The first-order chi connectivity index (χ1) is 10.4. The molecule has 8 heteroatoms. The third-order valence-electron chi connectivity index (χ3n) is 4.66. The summed E-state index contributed by atoms with van der Waals surface area (Å²) in [7, 11) is -1.83. The van der Waals surface area contributed by atoms with Gasteiger partial charge in [0.15, 0.2) is 14.9 Å². The Morgan fingerprint density at radius 1 is 1.32 bits per heavy atom. The van der Waals surface area contributed by atoms with E-state index in [4.69, 9.17) is 4.74 Å². The number of hydrogen-bond acceptors (Lipinski definition) is 6. The van der Waals surface area contributed by atoms with Gasteiger partial charge in [-0.25, -0.2) is 13.4 Å². The van der Waals surface area contributed by atoms with Gasteiger partial charge in [0.1, 0.15) is 5.69 Å². The van der Waals surface area contributed by atoms with Crippen LogP contribution in [-0.4, -0.2) is 49.8 Å². The molecule has 120 valence electrons. The molecule has 2 saturated carbocycles. The van der Waals surface area contributed by atoms with Gasteiger partial charge in [-0.2, -0.15) is 0 Å². The van der Waals surface area contributed by atoms with Crippen LogP contribution in [0.25, 0.3) is 0 Å². The van der Waals surface area contributed by atoms with Crippen LogP contribution in [0.2, 0.25) is 0 Å². The second kappa shape index (κ2) is 5.58. The van der Waals surface area contributed by atoms with E-state index >= 15 is 0 Å². The Morgan fingerprint density at radius 3 is 2.73 bits per heavy atom. The van der Waals surface area contributed by atoms with E-state index in [0.717, 1.165) is 31.7 Å². The van der Waals surface area contributed by atoms with Crippen molar-refractivity contribution in [3.8, 4) is 0 Å². The van der Waals surface area contributed by atoms with Gasteiger partial charge in [-0.3, -0.25) is 9.78 Å². The van der Waals surface area contributed by atoms with Gasteiger partial charge in [0, 0.05) is 13.4 Å². The molecule has 2 aliphatic rings. The number of carbonyl (C=O) groups excluding carboxylic acids is 1. The van der Waals surface area contributed by atoms with Gasteiger partial charge in [0.25, 0.3) is 5.91 Å². The van der Waals surface area contributed by atoms with E-state index in [2.05, 4.69) is 15.3 Å². The SMILES string of the molecule is COC1C2CCCC2C1NC(=O)c1cncc(S(C)(=O)=O)n1. The molecule has 1 N–H and O–H groups in total. The molecule has 1 amide bonds. The van der Waals surface area contributed by atoms with Crippen LogP contribution in [0.4, 0.5) is 0 Å². The van der Waals surface area contributed by atoms with Crippen molar-refractivity contribution in [2.24, 2.45) is 11.8 Å². The average Bonchev–Trinajstić information content (AvgIpc) is 2.88. The summed E-state index contributed by atoms with van der Waals surface area (Å²) < 4.78 is 28.5. The molecule has 0 saturated heterocycles. The number of carbonyl (C=O) groups is 1. The first kappa shape index (κ1) is 15.4. The van der Waals surface area contributed by atoms with Crippen molar-refractivity contribution in [1.29, 1.82) is 0 Å². The number of methoxy groups -OCH3 is 1. The van der Waals surface area contributed by atoms with Gasteiger partial charge in [0.05, 0.1) is 24.5 Å². The fourth-order valence-electron chi connectivity index (χ4n) is 3.61. The average molecular weight is 325 g/mol. The highest BCUT2D eigenvalue weighted by atomic mass is 32.2. The monoisotopic (exact) mass is 325 g/mol. The molecule has 0 bridgehead atoms. The number of ether oxygens (including phenoxy) is 1. The van der Waals surface area contributed by atoms with E-state index in [-0.39, 0.29) is 22.9 Å². The van der Waals surface area contributed by atoms with Crippen LogP contribution in [-0.2, 0) is 14.6 Å². The number of sulfone groups is 1. The minimum absolute atomic E-state index is 0.0132. The first-order valence-electron chi connectivity index (χ1n) is 7.27. The van der Waals surface area contributed by atoms with Crippen LogP contribution < -0.4 is 5.32 Å². The molecule has 3 rings (SSSR count). The Morgan fingerprint density at radius 2 is 2.05 bits per heavy atom. The molecular weight excluding hydrogens is 306 g/mol.